The van der Waals surface area contributed by atoms with E-state index in [1.54, 1.807) is 30.3 Å². The number of hydrogen-bond acceptors (Lipinski definition) is 3. The number of amides is 1. The van der Waals surface area contributed by atoms with Crippen molar-refractivity contribution in [2.24, 2.45) is 0 Å². The lowest BCUT2D eigenvalue weighted by molar-refractivity contribution is -0.120. The second kappa shape index (κ2) is 8.49. The summed E-state index contributed by atoms with van der Waals surface area (Å²) < 4.78 is 29.1. The van der Waals surface area contributed by atoms with E-state index in [-0.39, 0.29) is 24.2 Å². The lowest BCUT2D eigenvalue weighted by Gasteiger charge is -2.16. The van der Waals surface area contributed by atoms with Gasteiger partial charge in [-0.3, -0.25) is 4.79 Å². The molecule has 0 saturated carbocycles. The van der Waals surface area contributed by atoms with Crippen molar-refractivity contribution in [3.8, 4) is 5.75 Å². The maximum absolute atomic E-state index is 12.3. The zero-order valence-corrected chi connectivity index (χ0v) is 13.7. The van der Waals surface area contributed by atoms with Crippen molar-refractivity contribution in [2.75, 3.05) is 11.9 Å². The van der Waals surface area contributed by atoms with Crippen molar-refractivity contribution in [1.29, 1.82) is 0 Å². The molecule has 24 heavy (non-hydrogen) atoms. The van der Waals surface area contributed by atoms with E-state index in [0.717, 1.165) is 5.56 Å². The minimum Gasteiger partial charge on any atom is -0.433 e. The quantitative estimate of drug-likeness (QED) is 0.782. The summed E-state index contributed by atoms with van der Waals surface area (Å²) in [6, 6.07) is 13.1. The summed E-state index contributed by atoms with van der Waals surface area (Å²) >= 11 is 5.83. The fourth-order valence-electron chi connectivity index (χ4n) is 2.11. The monoisotopic (exact) mass is 354 g/mol. The van der Waals surface area contributed by atoms with Crippen molar-refractivity contribution >= 4 is 23.2 Å². The largest absolute Gasteiger partial charge is 0.433 e. The zero-order chi connectivity index (χ0) is 17.5. The summed E-state index contributed by atoms with van der Waals surface area (Å²) in [6.45, 7) is -1.15. The van der Waals surface area contributed by atoms with E-state index >= 15 is 0 Å². The summed E-state index contributed by atoms with van der Waals surface area (Å²) in [5, 5.41) is 6.23. The van der Waals surface area contributed by atoms with Gasteiger partial charge in [-0.05, 0) is 36.8 Å². The first-order valence-electron chi connectivity index (χ1n) is 7.28. The van der Waals surface area contributed by atoms with Crippen LogP contribution in [0.5, 0.6) is 5.75 Å². The van der Waals surface area contributed by atoms with Crippen LogP contribution in [0.15, 0.2) is 48.5 Å². The number of ether oxygens (including phenoxy) is 1. The van der Waals surface area contributed by atoms with Gasteiger partial charge in [-0.2, -0.15) is 8.78 Å². The van der Waals surface area contributed by atoms with Gasteiger partial charge in [0.05, 0.1) is 18.3 Å². The number of nitrogens with one attached hydrogen (secondary N) is 2. The topological polar surface area (TPSA) is 50.4 Å². The van der Waals surface area contributed by atoms with Crippen LogP contribution in [0.4, 0.5) is 14.5 Å². The van der Waals surface area contributed by atoms with Crippen LogP contribution in [-0.4, -0.2) is 19.1 Å². The van der Waals surface area contributed by atoms with E-state index in [2.05, 4.69) is 15.4 Å². The van der Waals surface area contributed by atoms with E-state index in [1.807, 2.05) is 19.1 Å². The SMILES string of the molecule is CC(NC(=O)CNc1ccccc1OC(F)F)c1ccc(Cl)cc1. The average molecular weight is 355 g/mol. The molecule has 1 amide bonds. The molecule has 0 saturated heterocycles. The lowest BCUT2D eigenvalue weighted by atomic mass is 10.1. The first-order valence-corrected chi connectivity index (χ1v) is 7.66. The van der Waals surface area contributed by atoms with Gasteiger partial charge in [-0.15, -0.1) is 0 Å². The summed E-state index contributed by atoms with van der Waals surface area (Å²) in [4.78, 5) is 12.0. The molecule has 7 heteroatoms. The predicted molar refractivity (Wildman–Crippen MR) is 89.6 cm³/mol. The van der Waals surface area contributed by atoms with Crippen molar-refractivity contribution in [1.82, 2.24) is 5.32 Å². The molecule has 1 atom stereocenters. The summed E-state index contributed by atoms with van der Waals surface area (Å²) in [5.74, 6) is -0.282. The first kappa shape index (κ1) is 18.0. The number of para-hydroxylation sites is 2. The molecule has 4 nitrogen and oxygen atoms in total. The van der Waals surface area contributed by atoms with Crippen LogP contribution in [-0.2, 0) is 4.79 Å². The molecular weight excluding hydrogens is 338 g/mol. The smallest absolute Gasteiger partial charge is 0.387 e. The zero-order valence-electron chi connectivity index (χ0n) is 12.9. The van der Waals surface area contributed by atoms with Gasteiger partial charge in [0.25, 0.3) is 0 Å². The molecule has 0 aliphatic rings. The second-order valence-electron chi connectivity index (χ2n) is 5.07. The van der Waals surface area contributed by atoms with Crippen molar-refractivity contribution in [3.05, 3.63) is 59.1 Å². The molecule has 0 fully saturated rings. The van der Waals surface area contributed by atoms with Gasteiger partial charge in [0, 0.05) is 5.02 Å². The van der Waals surface area contributed by atoms with Crippen molar-refractivity contribution in [3.63, 3.8) is 0 Å². The first-order chi connectivity index (χ1) is 11.5. The maximum atomic E-state index is 12.3. The van der Waals surface area contributed by atoms with Crippen LogP contribution in [0.2, 0.25) is 5.02 Å². The van der Waals surface area contributed by atoms with Crippen LogP contribution in [0.3, 0.4) is 0 Å². The number of halogens is 3. The molecule has 0 aliphatic heterocycles. The van der Waals surface area contributed by atoms with Crippen LogP contribution in [0.1, 0.15) is 18.5 Å². The Labute approximate surface area is 143 Å². The number of benzene rings is 2. The van der Waals surface area contributed by atoms with E-state index in [1.165, 1.54) is 6.07 Å². The summed E-state index contributed by atoms with van der Waals surface area (Å²) in [7, 11) is 0. The summed E-state index contributed by atoms with van der Waals surface area (Å²) in [5.41, 5.74) is 1.24. The molecule has 128 valence electrons. The number of hydrogen-bond donors (Lipinski definition) is 2. The van der Waals surface area contributed by atoms with E-state index in [4.69, 9.17) is 11.6 Å². The van der Waals surface area contributed by atoms with Crippen molar-refractivity contribution in [2.45, 2.75) is 19.6 Å². The number of rotatable bonds is 7. The Kier molecular flexibility index (Phi) is 6.37. The van der Waals surface area contributed by atoms with E-state index in [0.29, 0.717) is 10.7 Å². The Morgan fingerprint density at radius 2 is 1.83 bits per heavy atom. The number of anilines is 1. The van der Waals surface area contributed by atoms with E-state index in [9.17, 15) is 13.6 Å². The maximum Gasteiger partial charge on any atom is 0.387 e. The van der Waals surface area contributed by atoms with Crippen LogP contribution >= 0.6 is 11.6 Å². The highest BCUT2D eigenvalue weighted by atomic mass is 35.5. The van der Waals surface area contributed by atoms with Gasteiger partial charge >= 0.3 is 6.61 Å². The van der Waals surface area contributed by atoms with Crippen LogP contribution < -0.4 is 15.4 Å². The van der Waals surface area contributed by atoms with Gasteiger partial charge in [-0.25, -0.2) is 0 Å². The molecule has 2 aromatic carbocycles. The second-order valence-corrected chi connectivity index (χ2v) is 5.51. The Bertz CT molecular complexity index is 681. The number of carbonyl (C=O) groups is 1. The van der Waals surface area contributed by atoms with Gasteiger partial charge in [0.15, 0.2) is 0 Å². The molecule has 0 bridgehead atoms. The molecule has 0 aromatic heterocycles. The Morgan fingerprint density at radius 1 is 1.17 bits per heavy atom. The molecule has 0 radical (unpaired) electrons. The van der Waals surface area contributed by atoms with Crippen molar-refractivity contribution < 1.29 is 18.3 Å². The minimum absolute atomic E-state index is 0.00829. The predicted octanol–water partition coefficient (Wildman–Crippen LogP) is 4.23. The number of carbonyl (C=O) groups excluding carboxylic acids is 1. The molecular formula is C17H17ClF2N2O2. The number of alkyl halides is 2. The Balaban J connectivity index is 1.90. The third-order valence-corrected chi connectivity index (χ3v) is 3.54. The van der Waals surface area contributed by atoms with Crippen LogP contribution in [0.25, 0.3) is 0 Å². The normalized spacial score (nSPS) is 11.9. The lowest BCUT2D eigenvalue weighted by Crippen LogP contribution is -2.32. The minimum atomic E-state index is -2.92. The Hall–Kier alpha value is -2.34. The highest BCUT2D eigenvalue weighted by molar-refractivity contribution is 6.30. The summed E-state index contributed by atoms with van der Waals surface area (Å²) in [6.07, 6.45) is 0. The highest BCUT2D eigenvalue weighted by Gasteiger charge is 2.12. The average Bonchev–Trinajstić information content (AvgIpc) is 2.54. The van der Waals surface area contributed by atoms with Gasteiger partial charge in [0.2, 0.25) is 5.91 Å². The Morgan fingerprint density at radius 3 is 2.50 bits per heavy atom. The third kappa shape index (κ3) is 5.38. The van der Waals surface area contributed by atoms with Gasteiger partial charge in [0.1, 0.15) is 5.75 Å². The molecule has 1 unspecified atom stereocenters. The fourth-order valence-corrected chi connectivity index (χ4v) is 2.24. The molecule has 0 aliphatic carbocycles. The molecule has 0 heterocycles. The molecule has 2 rings (SSSR count). The fraction of sp³-hybridized carbons (Fsp3) is 0.235. The van der Waals surface area contributed by atoms with Gasteiger partial charge in [-0.1, -0.05) is 35.9 Å². The molecule has 0 spiro atoms. The van der Waals surface area contributed by atoms with Gasteiger partial charge < -0.3 is 15.4 Å². The molecule has 2 N–H and O–H groups in total. The van der Waals surface area contributed by atoms with E-state index < -0.39 is 6.61 Å². The third-order valence-electron chi connectivity index (χ3n) is 3.29. The molecule has 2 aromatic rings. The standard InChI is InChI=1S/C17H17ClF2N2O2/c1-11(12-6-8-13(18)9-7-12)22-16(23)10-21-14-4-2-3-5-15(14)24-17(19)20/h2-9,11,17,21H,10H2,1H3,(H,22,23). The highest BCUT2D eigenvalue weighted by Crippen LogP contribution is 2.25. The van der Waals surface area contributed by atoms with Crippen LogP contribution in [0, 0.1) is 0 Å².